The number of nitrogens with two attached hydrogens (primary N) is 2. The van der Waals surface area contributed by atoms with E-state index in [2.05, 4.69) is 21.3 Å². The zero-order chi connectivity index (χ0) is 42.9. The number of aliphatic carboxylic acids is 1. The molecule has 58 heavy (non-hydrogen) atoms. The van der Waals surface area contributed by atoms with E-state index in [-0.39, 0.29) is 25.2 Å². The Bertz CT molecular complexity index is 1600. The molecule has 0 spiro atoms. The van der Waals surface area contributed by atoms with Crippen molar-refractivity contribution in [1.82, 2.24) is 21.3 Å². The Hall–Kier alpha value is -5.27. The normalized spacial score (nSPS) is 13.3. The Kier molecular flexibility index (Phi) is 22.4. The lowest BCUT2D eigenvalue weighted by Gasteiger charge is -2.31. The van der Waals surface area contributed by atoms with Gasteiger partial charge in [0.1, 0.15) is 24.2 Å². The van der Waals surface area contributed by atoms with Gasteiger partial charge in [0.05, 0.1) is 6.42 Å². The first-order chi connectivity index (χ1) is 27.6. The van der Waals surface area contributed by atoms with Gasteiger partial charge >= 0.3 is 5.97 Å². The van der Waals surface area contributed by atoms with Gasteiger partial charge in [0, 0.05) is 25.7 Å². The molecule has 14 nitrogen and oxygen atoms in total. The molecule has 320 valence electrons. The Morgan fingerprint density at radius 3 is 1.33 bits per heavy atom. The highest BCUT2D eigenvalue weighted by Gasteiger charge is 2.34. The van der Waals surface area contributed by atoms with Crippen LogP contribution in [0.3, 0.4) is 0 Å². The fourth-order valence-electron chi connectivity index (χ4n) is 6.57. The monoisotopic (exact) mass is 806 g/mol. The van der Waals surface area contributed by atoms with Crippen molar-refractivity contribution in [1.29, 1.82) is 0 Å². The van der Waals surface area contributed by atoms with Crippen LogP contribution in [0.2, 0.25) is 0 Å². The van der Waals surface area contributed by atoms with Crippen LogP contribution in [0.25, 0.3) is 0 Å². The summed E-state index contributed by atoms with van der Waals surface area (Å²) >= 11 is 0. The Morgan fingerprint density at radius 2 is 0.931 bits per heavy atom. The van der Waals surface area contributed by atoms with Gasteiger partial charge in [-0.3, -0.25) is 28.8 Å². The van der Waals surface area contributed by atoms with Crippen molar-refractivity contribution < 1.29 is 38.7 Å². The fraction of sp³-hybridized carbons (Fsp3) is 0.568. The van der Waals surface area contributed by atoms with Crippen molar-refractivity contribution in [2.45, 2.75) is 154 Å². The van der Waals surface area contributed by atoms with Crippen LogP contribution in [0, 0.1) is 5.41 Å². The quantitative estimate of drug-likeness (QED) is 0.0582. The van der Waals surface area contributed by atoms with E-state index in [4.69, 9.17) is 11.5 Å². The second kappa shape index (κ2) is 26.6. The van der Waals surface area contributed by atoms with Gasteiger partial charge in [-0.25, -0.2) is 4.79 Å². The van der Waals surface area contributed by atoms with E-state index in [9.17, 15) is 38.7 Å². The number of unbranched alkanes of at least 4 members (excludes halogenated alkanes) is 11. The molecule has 4 atom stereocenters. The van der Waals surface area contributed by atoms with Crippen LogP contribution >= 0.6 is 0 Å². The van der Waals surface area contributed by atoms with E-state index in [1.807, 2.05) is 51.1 Å². The molecule has 0 aliphatic carbocycles. The van der Waals surface area contributed by atoms with E-state index >= 15 is 0 Å². The molecule has 0 saturated carbocycles. The number of carboxylic acids is 1. The highest BCUT2D eigenvalue weighted by molar-refractivity contribution is 5.94. The first kappa shape index (κ1) is 48.9. The minimum atomic E-state index is -1.26. The molecule has 9 N–H and O–H groups in total. The van der Waals surface area contributed by atoms with Crippen LogP contribution in [0.5, 0.6) is 0 Å². The maximum atomic E-state index is 13.2. The molecule has 2 rings (SSSR count). The van der Waals surface area contributed by atoms with E-state index in [1.165, 1.54) is 0 Å². The van der Waals surface area contributed by atoms with Crippen LogP contribution in [0.15, 0.2) is 60.7 Å². The summed E-state index contributed by atoms with van der Waals surface area (Å²) in [6.07, 6.45) is 12.0. The molecule has 0 aliphatic rings. The Morgan fingerprint density at radius 1 is 0.534 bits per heavy atom. The van der Waals surface area contributed by atoms with Gasteiger partial charge in [-0.1, -0.05) is 146 Å². The number of hydrogen-bond donors (Lipinski definition) is 7. The van der Waals surface area contributed by atoms with Crippen LogP contribution < -0.4 is 32.7 Å². The highest BCUT2D eigenvalue weighted by Crippen LogP contribution is 2.21. The van der Waals surface area contributed by atoms with Crippen LogP contribution in [-0.2, 0) is 46.4 Å². The van der Waals surface area contributed by atoms with E-state index in [1.54, 1.807) is 30.3 Å². The summed E-state index contributed by atoms with van der Waals surface area (Å²) in [5.41, 5.74) is 11.9. The topological polar surface area (TPSA) is 240 Å². The number of carboxylic acid groups (broad SMARTS) is 1. The van der Waals surface area contributed by atoms with Crippen molar-refractivity contribution in [3.8, 4) is 0 Å². The number of amides is 6. The van der Waals surface area contributed by atoms with E-state index < -0.39 is 71.5 Å². The highest BCUT2D eigenvalue weighted by atomic mass is 16.4. The molecule has 0 heterocycles. The molecule has 0 aromatic heterocycles. The number of hydrogen-bond acceptors (Lipinski definition) is 7. The SMILES string of the molecule is CC(C)(C)[C@H](NC(=O)CCCCCCCCCCCCCCC(=O)N[C@@H](CC(N)=O)C(=O)N[C@@H](Cc1ccccc1)C(=O)O)C(=O)N[C@@H](Cc1ccccc1)C(N)=O. The molecule has 0 saturated heterocycles. The van der Waals surface area contributed by atoms with Crippen LogP contribution in [-0.4, -0.2) is 70.7 Å². The average molecular weight is 807 g/mol. The summed E-state index contributed by atoms with van der Waals surface area (Å²) in [5.74, 6) is -4.47. The fourth-order valence-corrected chi connectivity index (χ4v) is 6.57. The molecular formula is C44H66N6O8. The third-order valence-electron chi connectivity index (χ3n) is 9.89. The Balaban J connectivity index is 1.56. The predicted molar refractivity (Wildman–Crippen MR) is 223 cm³/mol. The van der Waals surface area contributed by atoms with Gasteiger partial charge in [0.25, 0.3) is 0 Å². The lowest BCUT2D eigenvalue weighted by Crippen LogP contribution is -2.57. The number of primary amides is 2. The summed E-state index contributed by atoms with van der Waals surface area (Å²) in [6.45, 7) is 5.59. The standard InChI is InChI=1S/C44H66N6O8/c1-44(2,3)39(42(56)48-33(40(46)54)28-31-22-16-14-17-23-31)50-38(53)27-21-13-11-9-7-5-4-6-8-10-12-20-26-37(52)47-34(30-36(45)51)41(55)49-35(43(57)58)29-32-24-18-15-19-25-32/h14-19,22-25,33-35,39H,4-13,20-21,26-30H2,1-3H3,(H2,45,51)(H2,46,54)(H,47,52)(H,48,56)(H,49,55)(H,50,53)(H,57,58)/t33-,34-,35-,39+/m0/s1. The number of carbonyl (C=O) groups excluding carboxylic acids is 6. The van der Waals surface area contributed by atoms with Crippen molar-refractivity contribution in [2.24, 2.45) is 16.9 Å². The van der Waals surface area contributed by atoms with E-state index in [0.29, 0.717) is 18.4 Å². The lowest BCUT2D eigenvalue weighted by atomic mass is 9.85. The minimum Gasteiger partial charge on any atom is -0.480 e. The lowest BCUT2D eigenvalue weighted by molar-refractivity contribution is -0.142. The van der Waals surface area contributed by atoms with Gasteiger partial charge < -0.3 is 37.8 Å². The first-order valence-corrected chi connectivity index (χ1v) is 20.6. The third-order valence-corrected chi connectivity index (χ3v) is 9.89. The zero-order valence-electron chi connectivity index (χ0n) is 34.6. The van der Waals surface area contributed by atoms with Crippen LogP contribution in [0.1, 0.15) is 128 Å². The summed E-state index contributed by atoms with van der Waals surface area (Å²) in [6, 6.07) is 13.9. The maximum Gasteiger partial charge on any atom is 0.326 e. The molecule has 0 aliphatic heterocycles. The van der Waals surface area contributed by atoms with Crippen LogP contribution in [0.4, 0.5) is 0 Å². The number of carbonyl (C=O) groups is 7. The summed E-state index contributed by atoms with van der Waals surface area (Å²) in [5, 5.41) is 20.2. The largest absolute Gasteiger partial charge is 0.480 e. The van der Waals surface area contributed by atoms with Gasteiger partial charge in [-0.05, 0) is 29.4 Å². The van der Waals surface area contributed by atoms with Crippen molar-refractivity contribution in [3.05, 3.63) is 71.8 Å². The van der Waals surface area contributed by atoms with Crippen molar-refractivity contribution >= 4 is 41.4 Å². The molecule has 2 aromatic carbocycles. The predicted octanol–water partition coefficient (Wildman–Crippen LogP) is 4.36. The minimum absolute atomic E-state index is 0.0461. The molecule has 0 unspecified atom stereocenters. The smallest absolute Gasteiger partial charge is 0.326 e. The van der Waals surface area contributed by atoms with Crippen molar-refractivity contribution in [2.75, 3.05) is 0 Å². The summed E-state index contributed by atoms with van der Waals surface area (Å²) < 4.78 is 0. The number of nitrogens with one attached hydrogen (secondary N) is 4. The first-order valence-electron chi connectivity index (χ1n) is 20.6. The second-order valence-corrected chi connectivity index (χ2v) is 16.1. The van der Waals surface area contributed by atoms with Crippen molar-refractivity contribution in [3.63, 3.8) is 0 Å². The molecule has 0 fully saturated rings. The summed E-state index contributed by atoms with van der Waals surface area (Å²) in [7, 11) is 0. The molecule has 0 bridgehead atoms. The molecule has 0 radical (unpaired) electrons. The van der Waals surface area contributed by atoms with Gasteiger partial charge in [0.15, 0.2) is 0 Å². The Labute approximate surface area is 343 Å². The average Bonchev–Trinajstić information content (AvgIpc) is 3.16. The third kappa shape index (κ3) is 20.8. The number of rotatable bonds is 29. The molecule has 2 aromatic rings. The van der Waals surface area contributed by atoms with Gasteiger partial charge in [-0.2, -0.15) is 0 Å². The molecule has 14 heteroatoms. The zero-order valence-corrected chi connectivity index (χ0v) is 34.6. The molecular weight excluding hydrogens is 741 g/mol. The summed E-state index contributed by atoms with van der Waals surface area (Å²) in [4.78, 5) is 86.9. The second-order valence-electron chi connectivity index (χ2n) is 16.1. The number of benzene rings is 2. The van der Waals surface area contributed by atoms with Gasteiger partial charge in [0.2, 0.25) is 35.4 Å². The molecule has 6 amide bonds. The van der Waals surface area contributed by atoms with Gasteiger partial charge in [-0.15, -0.1) is 0 Å². The maximum absolute atomic E-state index is 13.2. The van der Waals surface area contributed by atoms with E-state index in [0.717, 1.165) is 76.2 Å².